The predicted molar refractivity (Wildman–Crippen MR) is 114 cm³/mol. The smallest absolute Gasteiger partial charge is 0.269 e. The number of nitrogens with zero attached hydrogens (tertiary/aromatic N) is 2. The van der Waals surface area contributed by atoms with Gasteiger partial charge in [-0.1, -0.05) is 29.3 Å². The number of furan rings is 1. The van der Waals surface area contributed by atoms with Gasteiger partial charge in [0.15, 0.2) is 0 Å². The Kier molecular flexibility index (Phi) is 6.21. The lowest BCUT2D eigenvalue weighted by atomic mass is 10.1. The van der Waals surface area contributed by atoms with Crippen LogP contribution in [0.15, 0.2) is 58.5 Å². The lowest BCUT2D eigenvalue weighted by Crippen LogP contribution is -2.14. The number of carbonyl (C=O) groups is 1. The average Bonchev–Trinajstić information content (AvgIpc) is 3.17. The molecule has 1 heterocycles. The van der Waals surface area contributed by atoms with Crippen molar-refractivity contribution >= 4 is 46.6 Å². The average molecular weight is 442 g/mol. The highest BCUT2D eigenvalue weighted by Gasteiger charge is 2.15. The fraction of sp³-hybridized carbons (Fsp3) is 0.0476. The van der Waals surface area contributed by atoms with Gasteiger partial charge in [-0.15, -0.1) is 0 Å². The fourth-order valence-electron chi connectivity index (χ4n) is 2.65. The van der Waals surface area contributed by atoms with Gasteiger partial charge in [0, 0.05) is 29.5 Å². The Labute approximate surface area is 181 Å². The molecule has 3 aromatic rings. The molecule has 0 aliphatic carbocycles. The van der Waals surface area contributed by atoms with Crippen LogP contribution in [0.3, 0.4) is 0 Å². The van der Waals surface area contributed by atoms with Gasteiger partial charge in [-0.05, 0) is 42.8 Å². The summed E-state index contributed by atoms with van der Waals surface area (Å²) in [4.78, 5) is 22.8. The van der Waals surface area contributed by atoms with Crippen LogP contribution in [-0.2, 0) is 4.79 Å². The summed E-state index contributed by atoms with van der Waals surface area (Å²) in [6.07, 6.45) is 1.29. The number of non-ortho nitro benzene ring substituents is 1. The highest BCUT2D eigenvalue weighted by Crippen LogP contribution is 2.34. The minimum absolute atomic E-state index is 0.0932. The number of nitro groups is 1. The summed E-state index contributed by atoms with van der Waals surface area (Å²) in [5.41, 5.74) is 1.13. The molecule has 0 unspecified atom stereocenters. The first kappa shape index (κ1) is 21.1. The van der Waals surface area contributed by atoms with Gasteiger partial charge in [0.2, 0.25) is 0 Å². The van der Waals surface area contributed by atoms with Gasteiger partial charge < -0.3 is 9.73 Å². The highest BCUT2D eigenvalue weighted by molar-refractivity contribution is 6.43. The number of nitro benzene ring substituents is 1. The minimum atomic E-state index is -0.673. The van der Waals surface area contributed by atoms with E-state index in [2.05, 4.69) is 5.32 Å². The molecule has 0 saturated carbocycles. The van der Waals surface area contributed by atoms with Crippen LogP contribution in [0.5, 0.6) is 0 Å². The van der Waals surface area contributed by atoms with Crippen LogP contribution in [0.25, 0.3) is 17.4 Å². The van der Waals surface area contributed by atoms with E-state index in [1.807, 2.05) is 6.07 Å². The Morgan fingerprint density at radius 1 is 1.23 bits per heavy atom. The quantitative estimate of drug-likeness (QED) is 0.225. The van der Waals surface area contributed by atoms with Gasteiger partial charge in [-0.3, -0.25) is 14.9 Å². The van der Waals surface area contributed by atoms with E-state index >= 15 is 0 Å². The molecule has 0 radical (unpaired) electrons. The summed E-state index contributed by atoms with van der Waals surface area (Å²) in [5.74, 6) is 0.0269. The number of rotatable bonds is 5. The van der Waals surface area contributed by atoms with Gasteiger partial charge in [0.05, 0.1) is 15.0 Å². The van der Waals surface area contributed by atoms with Crippen molar-refractivity contribution in [1.29, 1.82) is 5.26 Å². The summed E-state index contributed by atoms with van der Waals surface area (Å²) in [6.45, 7) is 1.62. The predicted octanol–water partition coefficient (Wildman–Crippen LogP) is 6.02. The molecule has 0 aliphatic heterocycles. The van der Waals surface area contributed by atoms with Crippen molar-refractivity contribution in [3.8, 4) is 17.4 Å². The van der Waals surface area contributed by atoms with Gasteiger partial charge in [0.25, 0.3) is 11.6 Å². The SMILES string of the molecule is Cc1cc([N+](=O)[O-])ccc1NC(=O)C(C#N)=Cc1ccc(-c2cccc(Cl)c2Cl)o1. The topological polar surface area (TPSA) is 109 Å². The molecule has 0 saturated heterocycles. The third-order valence-corrected chi connectivity index (χ3v) is 4.98. The second kappa shape index (κ2) is 8.82. The molecule has 9 heteroatoms. The van der Waals surface area contributed by atoms with Crippen LogP contribution >= 0.6 is 23.2 Å². The van der Waals surface area contributed by atoms with Crippen molar-refractivity contribution < 1.29 is 14.1 Å². The van der Waals surface area contributed by atoms with E-state index in [0.717, 1.165) is 0 Å². The minimum Gasteiger partial charge on any atom is -0.457 e. The second-order valence-electron chi connectivity index (χ2n) is 6.18. The summed E-state index contributed by atoms with van der Waals surface area (Å²) in [5, 5.41) is 23.5. The van der Waals surface area contributed by atoms with Crippen molar-refractivity contribution in [2.24, 2.45) is 0 Å². The fourth-order valence-corrected chi connectivity index (χ4v) is 3.05. The number of halogens is 2. The maximum absolute atomic E-state index is 12.5. The number of carbonyl (C=O) groups excluding carboxylic acids is 1. The van der Waals surface area contributed by atoms with Crippen LogP contribution in [0, 0.1) is 28.4 Å². The van der Waals surface area contributed by atoms with Gasteiger partial charge in [-0.25, -0.2) is 0 Å². The molecule has 0 bridgehead atoms. The zero-order valence-electron chi connectivity index (χ0n) is 15.5. The van der Waals surface area contributed by atoms with Crippen LogP contribution in [0.4, 0.5) is 11.4 Å². The number of nitriles is 1. The van der Waals surface area contributed by atoms with Gasteiger partial charge in [0.1, 0.15) is 23.2 Å². The number of amides is 1. The van der Waals surface area contributed by atoms with E-state index < -0.39 is 10.8 Å². The van der Waals surface area contributed by atoms with Crippen LogP contribution in [0.2, 0.25) is 10.0 Å². The Morgan fingerprint density at radius 2 is 2.00 bits per heavy atom. The molecule has 1 N–H and O–H groups in total. The number of hydrogen-bond acceptors (Lipinski definition) is 5. The zero-order chi connectivity index (χ0) is 21.8. The maximum atomic E-state index is 12.5. The Hall–Kier alpha value is -3.60. The summed E-state index contributed by atoms with van der Waals surface area (Å²) < 4.78 is 5.68. The normalized spacial score (nSPS) is 11.1. The summed E-state index contributed by atoms with van der Waals surface area (Å²) in [6, 6.07) is 14.2. The molecule has 1 aromatic heterocycles. The third kappa shape index (κ3) is 4.51. The molecule has 0 aliphatic rings. The molecule has 2 aromatic carbocycles. The Morgan fingerprint density at radius 3 is 2.67 bits per heavy atom. The van der Waals surface area contributed by atoms with Crippen LogP contribution in [-0.4, -0.2) is 10.8 Å². The van der Waals surface area contributed by atoms with Gasteiger partial charge >= 0.3 is 0 Å². The lowest BCUT2D eigenvalue weighted by Gasteiger charge is -2.07. The first-order valence-corrected chi connectivity index (χ1v) is 9.28. The van der Waals surface area contributed by atoms with Crippen molar-refractivity contribution in [2.45, 2.75) is 6.92 Å². The van der Waals surface area contributed by atoms with Gasteiger partial charge in [-0.2, -0.15) is 5.26 Å². The van der Waals surface area contributed by atoms with E-state index in [1.165, 1.54) is 24.3 Å². The van der Waals surface area contributed by atoms with Crippen molar-refractivity contribution in [3.63, 3.8) is 0 Å². The molecule has 0 atom stereocenters. The Balaban J connectivity index is 1.83. The van der Waals surface area contributed by atoms with Crippen molar-refractivity contribution in [2.75, 3.05) is 5.32 Å². The molecule has 1 amide bonds. The van der Waals surface area contributed by atoms with E-state index in [4.69, 9.17) is 27.6 Å². The first-order chi connectivity index (χ1) is 14.3. The van der Waals surface area contributed by atoms with E-state index in [1.54, 1.807) is 37.3 Å². The van der Waals surface area contributed by atoms with Crippen molar-refractivity contribution in [3.05, 3.63) is 85.6 Å². The monoisotopic (exact) mass is 441 g/mol. The molecule has 0 fully saturated rings. The lowest BCUT2D eigenvalue weighted by molar-refractivity contribution is -0.384. The molecule has 7 nitrogen and oxygen atoms in total. The Bertz CT molecular complexity index is 1230. The summed E-state index contributed by atoms with van der Waals surface area (Å²) >= 11 is 12.2. The highest BCUT2D eigenvalue weighted by atomic mass is 35.5. The summed E-state index contributed by atoms with van der Waals surface area (Å²) in [7, 11) is 0. The number of hydrogen-bond donors (Lipinski definition) is 1. The van der Waals surface area contributed by atoms with Crippen molar-refractivity contribution in [1.82, 2.24) is 0 Å². The number of nitrogens with one attached hydrogen (secondary N) is 1. The zero-order valence-corrected chi connectivity index (χ0v) is 17.0. The van der Waals surface area contributed by atoms with Crippen LogP contribution < -0.4 is 5.32 Å². The number of anilines is 1. The third-order valence-electron chi connectivity index (χ3n) is 4.16. The number of benzene rings is 2. The molecular weight excluding hydrogens is 429 g/mol. The second-order valence-corrected chi connectivity index (χ2v) is 6.97. The molecule has 0 spiro atoms. The largest absolute Gasteiger partial charge is 0.457 e. The van der Waals surface area contributed by atoms with E-state index in [9.17, 15) is 20.2 Å². The van der Waals surface area contributed by atoms with E-state index in [0.29, 0.717) is 32.6 Å². The first-order valence-electron chi connectivity index (χ1n) is 8.52. The molecular formula is C21H13Cl2N3O4. The molecule has 150 valence electrons. The maximum Gasteiger partial charge on any atom is 0.269 e. The van der Waals surface area contributed by atoms with Crippen LogP contribution in [0.1, 0.15) is 11.3 Å². The molecule has 3 rings (SSSR count). The standard InChI is InChI=1S/C21H13Cl2N3O4/c1-12-9-14(26(28)29)5-7-18(12)25-21(27)13(11-24)10-15-6-8-19(30-15)16-3-2-4-17(22)20(16)23/h2-10H,1H3,(H,25,27). The molecule has 30 heavy (non-hydrogen) atoms. The number of aryl methyl sites for hydroxylation is 1. The van der Waals surface area contributed by atoms with E-state index in [-0.39, 0.29) is 17.0 Å².